The van der Waals surface area contributed by atoms with Crippen LogP contribution in [-0.4, -0.2) is 17.3 Å². The van der Waals surface area contributed by atoms with Crippen molar-refractivity contribution >= 4 is 5.69 Å². The Bertz CT molecular complexity index is 445. The molecule has 2 rings (SSSR count). The van der Waals surface area contributed by atoms with E-state index in [1.807, 2.05) is 0 Å². The Kier molecular flexibility index (Phi) is 3.92. The SMILES string of the molecule is Cc1ccc(NC2CCCCC2C(F)(F)F)cc1O. The minimum atomic E-state index is -4.16. The molecule has 0 spiro atoms. The van der Waals surface area contributed by atoms with E-state index < -0.39 is 18.1 Å². The molecule has 2 unspecified atom stereocenters. The maximum Gasteiger partial charge on any atom is 0.393 e. The van der Waals surface area contributed by atoms with E-state index in [1.54, 1.807) is 19.1 Å². The lowest BCUT2D eigenvalue weighted by atomic mass is 9.84. The van der Waals surface area contributed by atoms with Crippen LogP contribution in [0.3, 0.4) is 0 Å². The van der Waals surface area contributed by atoms with Crippen molar-refractivity contribution < 1.29 is 18.3 Å². The van der Waals surface area contributed by atoms with Crippen LogP contribution in [-0.2, 0) is 0 Å². The first-order valence-electron chi connectivity index (χ1n) is 6.51. The number of halogens is 3. The summed E-state index contributed by atoms with van der Waals surface area (Å²) < 4.78 is 38.8. The first-order valence-corrected chi connectivity index (χ1v) is 6.51. The number of phenolic OH excluding ortho intramolecular Hbond substituents is 1. The van der Waals surface area contributed by atoms with Crippen LogP contribution < -0.4 is 5.32 Å². The van der Waals surface area contributed by atoms with E-state index in [1.165, 1.54) is 6.07 Å². The van der Waals surface area contributed by atoms with E-state index in [0.29, 0.717) is 24.1 Å². The minimum Gasteiger partial charge on any atom is -0.508 e. The Morgan fingerprint density at radius 2 is 1.89 bits per heavy atom. The van der Waals surface area contributed by atoms with Crippen LogP contribution in [0.25, 0.3) is 0 Å². The zero-order valence-corrected chi connectivity index (χ0v) is 10.8. The van der Waals surface area contributed by atoms with E-state index in [0.717, 1.165) is 6.42 Å². The molecule has 0 bridgehead atoms. The molecule has 19 heavy (non-hydrogen) atoms. The summed E-state index contributed by atoms with van der Waals surface area (Å²) in [6.45, 7) is 1.75. The van der Waals surface area contributed by atoms with Crippen LogP contribution in [0.1, 0.15) is 31.2 Å². The number of nitrogens with one attached hydrogen (secondary N) is 1. The number of alkyl halides is 3. The second kappa shape index (κ2) is 5.31. The molecule has 0 heterocycles. The fourth-order valence-corrected chi connectivity index (χ4v) is 2.61. The third-order valence-corrected chi connectivity index (χ3v) is 3.75. The van der Waals surface area contributed by atoms with Crippen LogP contribution in [0.15, 0.2) is 18.2 Å². The van der Waals surface area contributed by atoms with Crippen molar-refractivity contribution in [3.63, 3.8) is 0 Å². The average Bonchev–Trinajstić information content (AvgIpc) is 2.33. The Labute approximate surface area is 110 Å². The summed E-state index contributed by atoms with van der Waals surface area (Å²) in [5.74, 6) is -1.20. The number of benzene rings is 1. The smallest absolute Gasteiger partial charge is 0.393 e. The molecule has 0 aliphatic heterocycles. The van der Waals surface area contributed by atoms with Gasteiger partial charge >= 0.3 is 6.18 Å². The fourth-order valence-electron chi connectivity index (χ4n) is 2.61. The van der Waals surface area contributed by atoms with Gasteiger partial charge in [0, 0.05) is 17.8 Å². The Balaban J connectivity index is 2.13. The zero-order chi connectivity index (χ0) is 14.0. The van der Waals surface area contributed by atoms with Gasteiger partial charge in [-0.15, -0.1) is 0 Å². The van der Waals surface area contributed by atoms with Crippen LogP contribution in [0.5, 0.6) is 5.75 Å². The molecular formula is C14H18F3NO. The molecule has 1 aliphatic carbocycles. The molecule has 106 valence electrons. The van der Waals surface area contributed by atoms with Gasteiger partial charge in [-0.25, -0.2) is 0 Å². The fraction of sp³-hybridized carbons (Fsp3) is 0.571. The van der Waals surface area contributed by atoms with Crippen LogP contribution in [0, 0.1) is 12.8 Å². The lowest BCUT2D eigenvalue weighted by Crippen LogP contribution is -2.41. The Morgan fingerprint density at radius 3 is 2.53 bits per heavy atom. The lowest BCUT2D eigenvalue weighted by molar-refractivity contribution is -0.184. The topological polar surface area (TPSA) is 32.3 Å². The summed E-state index contributed by atoms with van der Waals surface area (Å²) in [5.41, 5.74) is 1.26. The van der Waals surface area contributed by atoms with Gasteiger partial charge in [0.05, 0.1) is 5.92 Å². The van der Waals surface area contributed by atoms with Crippen molar-refractivity contribution in [2.75, 3.05) is 5.32 Å². The van der Waals surface area contributed by atoms with E-state index >= 15 is 0 Å². The monoisotopic (exact) mass is 273 g/mol. The molecule has 0 aromatic heterocycles. The van der Waals surface area contributed by atoms with Gasteiger partial charge in [-0.05, 0) is 31.4 Å². The Hall–Kier alpha value is -1.39. The first kappa shape index (κ1) is 14.0. The van der Waals surface area contributed by atoms with Gasteiger partial charge < -0.3 is 10.4 Å². The normalized spacial score (nSPS) is 24.2. The van der Waals surface area contributed by atoms with E-state index in [9.17, 15) is 18.3 Å². The largest absolute Gasteiger partial charge is 0.508 e. The van der Waals surface area contributed by atoms with Gasteiger partial charge in [0.1, 0.15) is 5.75 Å². The quantitative estimate of drug-likeness (QED) is 0.845. The number of aromatic hydroxyl groups is 1. The van der Waals surface area contributed by atoms with Crippen molar-refractivity contribution in [2.45, 2.75) is 44.8 Å². The summed E-state index contributed by atoms with van der Waals surface area (Å²) in [4.78, 5) is 0. The number of hydrogen-bond donors (Lipinski definition) is 2. The predicted octanol–water partition coefficient (Wildman–Crippen LogP) is 4.23. The number of aryl methyl sites for hydroxylation is 1. The highest BCUT2D eigenvalue weighted by Crippen LogP contribution is 2.39. The molecule has 2 nitrogen and oxygen atoms in total. The molecule has 1 aromatic carbocycles. The molecule has 1 saturated carbocycles. The molecule has 0 radical (unpaired) electrons. The van der Waals surface area contributed by atoms with Gasteiger partial charge in [-0.3, -0.25) is 0 Å². The standard InChI is InChI=1S/C14H18F3NO/c1-9-6-7-10(8-13(9)19)18-12-5-3-2-4-11(12)14(15,16)17/h6-8,11-12,18-19H,2-5H2,1H3. The predicted molar refractivity (Wildman–Crippen MR) is 68.3 cm³/mol. The first-order chi connectivity index (χ1) is 8.88. The summed E-state index contributed by atoms with van der Waals surface area (Å²) in [6, 6.07) is 4.29. The molecular weight excluding hydrogens is 255 g/mol. The summed E-state index contributed by atoms with van der Waals surface area (Å²) in [7, 11) is 0. The highest BCUT2D eigenvalue weighted by molar-refractivity contribution is 5.51. The molecule has 2 N–H and O–H groups in total. The molecule has 2 atom stereocenters. The molecule has 0 saturated heterocycles. The van der Waals surface area contributed by atoms with Gasteiger partial charge in [0.2, 0.25) is 0 Å². The van der Waals surface area contributed by atoms with Crippen LogP contribution >= 0.6 is 0 Å². The number of anilines is 1. The third kappa shape index (κ3) is 3.33. The second-order valence-electron chi connectivity index (χ2n) is 5.18. The maximum atomic E-state index is 12.9. The lowest BCUT2D eigenvalue weighted by Gasteiger charge is -2.34. The number of phenols is 1. The van der Waals surface area contributed by atoms with E-state index in [-0.39, 0.29) is 12.2 Å². The average molecular weight is 273 g/mol. The third-order valence-electron chi connectivity index (χ3n) is 3.75. The van der Waals surface area contributed by atoms with Crippen LogP contribution in [0.4, 0.5) is 18.9 Å². The van der Waals surface area contributed by atoms with Gasteiger partial charge in [-0.2, -0.15) is 13.2 Å². The van der Waals surface area contributed by atoms with Crippen molar-refractivity contribution in [3.8, 4) is 5.75 Å². The van der Waals surface area contributed by atoms with Gasteiger partial charge in [-0.1, -0.05) is 18.9 Å². The summed E-state index contributed by atoms with van der Waals surface area (Å²) in [6.07, 6.45) is -2.04. The highest BCUT2D eigenvalue weighted by atomic mass is 19.4. The van der Waals surface area contributed by atoms with E-state index in [4.69, 9.17) is 0 Å². The van der Waals surface area contributed by atoms with Crippen LogP contribution in [0.2, 0.25) is 0 Å². The summed E-state index contributed by atoms with van der Waals surface area (Å²) in [5, 5.41) is 12.5. The highest BCUT2D eigenvalue weighted by Gasteiger charge is 2.45. The number of hydrogen-bond acceptors (Lipinski definition) is 2. The van der Waals surface area contributed by atoms with E-state index in [2.05, 4.69) is 5.32 Å². The maximum absolute atomic E-state index is 12.9. The minimum absolute atomic E-state index is 0.101. The van der Waals surface area contributed by atoms with Gasteiger partial charge in [0.25, 0.3) is 0 Å². The molecule has 1 fully saturated rings. The second-order valence-corrected chi connectivity index (χ2v) is 5.18. The summed E-state index contributed by atoms with van der Waals surface area (Å²) >= 11 is 0. The van der Waals surface area contributed by atoms with Crippen molar-refractivity contribution in [1.29, 1.82) is 0 Å². The van der Waals surface area contributed by atoms with Crippen molar-refractivity contribution in [1.82, 2.24) is 0 Å². The van der Waals surface area contributed by atoms with Gasteiger partial charge in [0.15, 0.2) is 0 Å². The Morgan fingerprint density at radius 1 is 1.21 bits per heavy atom. The molecule has 5 heteroatoms. The zero-order valence-electron chi connectivity index (χ0n) is 10.8. The number of rotatable bonds is 2. The molecule has 0 amide bonds. The molecule has 1 aromatic rings. The van der Waals surface area contributed by atoms with Crippen molar-refractivity contribution in [2.24, 2.45) is 5.92 Å². The van der Waals surface area contributed by atoms with Crippen molar-refractivity contribution in [3.05, 3.63) is 23.8 Å². The molecule has 1 aliphatic rings.